The highest BCUT2D eigenvalue weighted by molar-refractivity contribution is 5.90. The number of piperazine rings is 1. The summed E-state index contributed by atoms with van der Waals surface area (Å²) in [5.41, 5.74) is 12.7. The van der Waals surface area contributed by atoms with E-state index in [0.29, 0.717) is 11.1 Å². The van der Waals surface area contributed by atoms with Gasteiger partial charge in [0, 0.05) is 100 Å². The average Bonchev–Trinajstić information content (AvgIpc) is 3.53. The quantitative estimate of drug-likeness (QED) is 0.342. The number of allylic oxidation sites excluding steroid dienone is 1. The van der Waals surface area contributed by atoms with Crippen molar-refractivity contribution in [2.24, 2.45) is 7.05 Å². The minimum atomic E-state index is 0.204. The summed E-state index contributed by atoms with van der Waals surface area (Å²) < 4.78 is 3.43. The molecule has 0 amide bonds. The van der Waals surface area contributed by atoms with Gasteiger partial charge >= 0.3 is 0 Å². The maximum Gasteiger partial charge on any atom is 0.164 e. The molecule has 5 rings (SSSR count). The summed E-state index contributed by atoms with van der Waals surface area (Å²) in [5.74, 6) is 1.13. The number of aryl methyl sites for hydroxylation is 1. The lowest BCUT2D eigenvalue weighted by molar-refractivity contribution is 0.279. The number of nitrogen functional groups attached to an aromatic ring is 1. The van der Waals surface area contributed by atoms with Gasteiger partial charge in [0.2, 0.25) is 0 Å². The van der Waals surface area contributed by atoms with Crippen LogP contribution in [-0.4, -0.2) is 81.0 Å². The van der Waals surface area contributed by atoms with Crippen LogP contribution in [0.4, 0.5) is 11.6 Å². The predicted octanol–water partition coefficient (Wildman–Crippen LogP) is 3.56. The van der Waals surface area contributed by atoms with Crippen LogP contribution in [0.2, 0.25) is 0 Å². The van der Waals surface area contributed by atoms with Gasteiger partial charge in [0.1, 0.15) is 17.5 Å². The Labute approximate surface area is 234 Å². The largest absolute Gasteiger partial charge is 0.381 e. The molecule has 5 heterocycles. The number of nitrogens with two attached hydrogens (primary N) is 1. The van der Waals surface area contributed by atoms with Crippen LogP contribution in [0.5, 0.6) is 0 Å². The molecule has 0 aliphatic carbocycles. The van der Waals surface area contributed by atoms with Gasteiger partial charge in [-0.2, -0.15) is 10.4 Å². The van der Waals surface area contributed by atoms with Crippen LogP contribution in [0.3, 0.4) is 0 Å². The highest BCUT2D eigenvalue weighted by Crippen LogP contribution is 2.34. The first-order valence-corrected chi connectivity index (χ1v) is 13.1. The van der Waals surface area contributed by atoms with E-state index in [1.165, 1.54) is 0 Å². The summed E-state index contributed by atoms with van der Waals surface area (Å²) in [5, 5.41) is 18.5. The van der Waals surface area contributed by atoms with Crippen molar-refractivity contribution in [3.05, 3.63) is 85.1 Å². The molecule has 0 atom stereocenters. The van der Waals surface area contributed by atoms with Crippen molar-refractivity contribution in [2.75, 3.05) is 57.5 Å². The van der Waals surface area contributed by atoms with Crippen LogP contribution >= 0.6 is 0 Å². The lowest BCUT2D eigenvalue weighted by Gasteiger charge is -2.35. The Kier molecular flexibility index (Phi) is 7.40. The summed E-state index contributed by atoms with van der Waals surface area (Å²) in [6.45, 7) is 12.7. The van der Waals surface area contributed by atoms with Crippen LogP contribution in [0, 0.1) is 11.3 Å². The van der Waals surface area contributed by atoms with Gasteiger partial charge in [-0.25, -0.2) is 9.50 Å². The van der Waals surface area contributed by atoms with Crippen molar-refractivity contribution in [1.82, 2.24) is 34.2 Å². The average molecular weight is 535 g/mol. The van der Waals surface area contributed by atoms with Crippen molar-refractivity contribution in [3.8, 4) is 28.3 Å². The van der Waals surface area contributed by atoms with E-state index in [2.05, 4.69) is 39.2 Å². The number of aromatic nitrogens is 5. The maximum atomic E-state index is 9.79. The summed E-state index contributed by atoms with van der Waals surface area (Å²) in [4.78, 5) is 11.5. The highest BCUT2D eigenvalue weighted by atomic mass is 15.3. The maximum absolute atomic E-state index is 9.79. The Morgan fingerprint density at radius 1 is 1.07 bits per heavy atom. The molecule has 0 saturated carbocycles. The molecule has 2 N–H and O–H groups in total. The molecule has 10 heteroatoms. The van der Waals surface area contributed by atoms with E-state index in [4.69, 9.17) is 10.7 Å². The fraction of sp³-hybridized carbons (Fsp3) is 0.267. The lowest BCUT2D eigenvalue weighted by atomic mass is 10.0. The van der Waals surface area contributed by atoms with Crippen LogP contribution in [0.1, 0.15) is 5.56 Å². The zero-order valence-corrected chi connectivity index (χ0v) is 23.2. The number of likely N-dealkylation sites (N-methyl/N-ethyl adjacent to an activating group) is 1. The van der Waals surface area contributed by atoms with Crippen LogP contribution in [0.25, 0.3) is 27.8 Å². The molecule has 0 aromatic carbocycles. The summed E-state index contributed by atoms with van der Waals surface area (Å²) in [7, 11) is 5.83. The summed E-state index contributed by atoms with van der Waals surface area (Å²) >= 11 is 0. The van der Waals surface area contributed by atoms with E-state index >= 15 is 0 Å². The van der Waals surface area contributed by atoms with Gasteiger partial charge in [-0.15, -0.1) is 5.10 Å². The number of pyridine rings is 2. The smallest absolute Gasteiger partial charge is 0.164 e. The fourth-order valence-electron chi connectivity index (χ4n) is 4.83. The SMILES string of the molecule is C=C(/C=C\C(=C)N(C)C)CN1CCN(c2ccc(-c3cc(-c4cnn(C)c4)cn4nc(N)c(C#N)c34)cn2)CC1. The number of hydrogen-bond acceptors (Lipinski definition) is 8. The third kappa shape index (κ3) is 5.46. The van der Waals surface area contributed by atoms with Crippen LogP contribution in [-0.2, 0) is 7.05 Å². The molecule has 204 valence electrons. The Hall–Kier alpha value is -4.88. The van der Waals surface area contributed by atoms with E-state index in [1.807, 2.05) is 75.0 Å². The zero-order chi connectivity index (χ0) is 28.4. The minimum Gasteiger partial charge on any atom is -0.381 e. The highest BCUT2D eigenvalue weighted by Gasteiger charge is 2.20. The van der Waals surface area contributed by atoms with Gasteiger partial charge < -0.3 is 15.5 Å². The van der Waals surface area contributed by atoms with Crippen molar-refractivity contribution < 1.29 is 0 Å². The second kappa shape index (κ2) is 11.1. The van der Waals surface area contributed by atoms with Gasteiger partial charge in [0.15, 0.2) is 5.82 Å². The molecule has 0 unspecified atom stereocenters. The Bertz CT molecular complexity index is 1620. The molecule has 1 saturated heterocycles. The monoisotopic (exact) mass is 534 g/mol. The zero-order valence-electron chi connectivity index (χ0n) is 23.2. The normalized spacial score (nSPS) is 14.1. The Morgan fingerprint density at radius 2 is 1.85 bits per heavy atom. The van der Waals surface area contributed by atoms with Crippen molar-refractivity contribution in [2.45, 2.75) is 0 Å². The number of nitrogens with zero attached hydrogens (tertiary/aromatic N) is 9. The number of rotatable bonds is 8. The molecule has 0 bridgehead atoms. The minimum absolute atomic E-state index is 0.204. The third-order valence-corrected chi connectivity index (χ3v) is 7.17. The van der Waals surface area contributed by atoms with Crippen molar-refractivity contribution >= 4 is 17.2 Å². The molecule has 1 fully saturated rings. The second-order valence-electron chi connectivity index (χ2n) is 10.3. The Morgan fingerprint density at radius 3 is 2.48 bits per heavy atom. The van der Waals surface area contributed by atoms with Crippen LogP contribution in [0.15, 0.2) is 79.6 Å². The van der Waals surface area contributed by atoms with Gasteiger partial charge in [0.25, 0.3) is 0 Å². The molecule has 1 aliphatic rings. The number of anilines is 2. The number of nitriles is 1. The first-order valence-electron chi connectivity index (χ1n) is 13.1. The summed E-state index contributed by atoms with van der Waals surface area (Å²) in [6, 6.07) is 8.34. The topological polar surface area (TPSA) is 108 Å². The Balaban J connectivity index is 1.33. The molecule has 0 radical (unpaired) electrons. The van der Waals surface area contributed by atoms with E-state index < -0.39 is 0 Å². The molecular weight excluding hydrogens is 500 g/mol. The number of hydrogen-bond donors (Lipinski definition) is 1. The standard InChI is InChI=1S/C30H34N10/c1-21(6-7-22(2)36(3)4)18-38-10-12-39(13-11-38)28-9-8-23(16-33-28)26-14-24(25-17-34-37(5)19-25)20-40-29(26)27(15-31)30(32)35-40/h6-9,14,16-17,19-20H,1-2,10-13,18H2,3-5H3,(H2,32,35)/b7-6-. The number of fused-ring (bicyclic) bond motifs is 1. The van der Waals surface area contributed by atoms with Crippen molar-refractivity contribution in [1.29, 1.82) is 5.26 Å². The van der Waals surface area contributed by atoms with E-state index in [0.717, 1.165) is 72.1 Å². The van der Waals surface area contributed by atoms with Crippen LogP contribution < -0.4 is 10.6 Å². The van der Waals surface area contributed by atoms with Gasteiger partial charge in [-0.1, -0.05) is 19.2 Å². The predicted molar refractivity (Wildman–Crippen MR) is 160 cm³/mol. The summed E-state index contributed by atoms with van der Waals surface area (Å²) in [6.07, 6.45) is 11.5. The molecular formula is C30H34N10. The van der Waals surface area contributed by atoms with E-state index in [1.54, 1.807) is 15.4 Å². The third-order valence-electron chi connectivity index (χ3n) is 7.17. The fourth-order valence-corrected chi connectivity index (χ4v) is 4.83. The molecule has 40 heavy (non-hydrogen) atoms. The molecule has 10 nitrogen and oxygen atoms in total. The first kappa shape index (κ1) is 26.7. The van der Waals surface area contributed by atoms with Crippen molar-refractivity contribution in [3.63, 3.8) is 0 Å². The first-order chi connectivity index (χ1) is 19.2. The van der Waals surface area contributed by atoms with E-state index in [9.17, 15) is 5.26 Å². The molecule has 4 aromatic rings. The second-order valence-corrected chi connectivity index (χ2v) is 10.3. The van der Waals surface area contributed by atoms with E-state index in [-0.39, 0.29) is 5.82 Å². The lowest BCUT2D eigenvalue weighted by Crippen LogP contribution is -2.47. The van der Waals surface area contributed by atoms with Gasteiger partial charge in [-0.3, -0.25) is 9.58 Å². The molecule has 4 aromatic heterocycles. The van der Waals surface area contributed by atoms with Gasteiger partial charge in [-0.05, 0) is 29.8 Å². The molecule has 1 aliphatic heterocycles. The molecule has 0 spiro atoms. The van der Waals surface area contributed by atoms with Gasteiger partial charge in [0.05, 0.1) is 11.7 Å².